The molecule has 1 heterocycles. The van der Waals surface area contributed by atoms with Crippen molar-refractivity contribution in [2.45, 2.75) is 38.7 Å². The van der Waals surface area contributed by atoms with Crippen LogP contribution >= 0.6 is 11.6 Å². The topological polar surface area (TPSA) is 39.4 Å². The number of hydrogen-bond donors (Lipinski definition) is 0. The Kier molecular flexibility index (Phi) is 4.50. The Hall–Kier alpha value is -2.26. The van der Waals surface area contributed by atoms with Crippen molar-refractivity contribution in [2.24, 2.45) is 0 Å². The fraction of sp³-hybridized carbons (Fsp3) is 0.286. The molecule has 1 aromatic heterocycles. The zero-order chi connectivity index (χ0) is 17.2. The summed E-state index contributed by atoms with van der Waals surface area (Å²) in [5.41, 5.74) is 3.47. The molecule has 4 rings (SSSR count). The highest BCUT2D eigenvalue weighted by atomic mass is 35.5. The fourth-order valence-electron chi connectivity index (χ4n) is 3.44. The van der Waals surface area contributed by atoms with Crippen molar-refractivity contribution in [3.8, 4) is 5.75 Å². The molecular formula is C21H19ClO3. The molecule has 3 aromatic rings. The van der Waals surface area contributed by atoms with Crippen LogP contribution in [-0.4, -0.2) is 0 Å². The summed E-state index contributed by atoms with van der Waals surface area (Å²) in [6.45, 7) is 0.442. The molecule has 0 bridgehead atoms. The molecule has 0 unspecified atom stereocenters. The van der Waals surface area contributed by atoms with Crippen molar-refractivity contribution < 1.29 is 9.15 Å². The summed E-state index contributed by atoms with van der Waals surface area (Å²) in [7, 11) is 0. The first-order valence-electron chi connectivity index (χ1n) is 8.66. The predicted molar refractivity (Wildman–Crippen MR) is 99.5 cm³/mol. The quantitative estimate of drug-likeness (QED) is 0.473. The molecule has 0 N–H and O–H groups in total. The maximum atomic E-state index is 12.3. The van der Waals surface area contributed by atoms with Gasteiger partial charge in [0.1, 0.15) is 17.9 Å². The van der Waals surface area contributed by atoms with Crippen molar-refractivity contribution in [2.75, 3.05) is 0 Å². The van der Waals surface area contributed by atoms with Crippen LogP contribution in [0, 0.1) is 0 Å². The minimum absolute atomic E-state index is 0.195. The Morgan fingerprint density at radius 2 is 1.72 bits per heavy atom. The van der Waals surface area contributed by atoms with Crippen molar-refractivity contribution in [3.05, 3.63) is 74.6 Å². The summed E-state index contributed by atoms with van der Waals surface area (Å²) in [5.74, 6) is 0.694. The van der Waals surface area contributed by atoms with E-state index in [4.69, 9.17) is 20.8 Å². The van der Waals surface area contributed by atoms with Crippen molar-refractivity contribution in [3.63, 3.8) is 0 Å². The number of rotatable bonds is 3. The Morgan fingerprint density at radius 1 is 0.960 bits per heavy atom. The highest BCUT2D eigenvalue weighted by Crippen LogP contribution is 2.29. The third kappa shape index (κ3) is 3.42. The number of hydrogen-bond acceptors (Lipinski definition) is 3. The van der Waals surface area contributed by atoms with Crippen molar-refractivity contribution in [1.82, 2.24) is 0 Å². The Morgan fingerprint density at radius 3 is 2.52 bits per heavy atom. The standard InChI is InChI=1S/C21H19ClO3/c22-15-8-6-14(7-9-15)13-24-16-10-11-18-17-4-2-1-3-5-19(17)21(23)25-20(18)12-16/h6-12H,1-5,13H2. The molecule has 25 heavy (non-hydrogen) atoms. The smallest absolute Gasteiger partial charge is 0.339 e. The van der Waals surface area contributed by atoms with Gasteiger partial charge in [-0.2, -0.15) is 0 Å². The van der Waals surface area contributed by atoms with E-state index in [1.165, 1.54) is 0 Å². The lowest BCUT2D eigenvalue weighted by atomic mass is 10.0. The molecule has 128 valence electrons. The molecule has 1 aliphatic rings. The molecule has 0 amide bonds. The highest BCUT2D eigenvalue weighted by molar-refractivity contribution is 6.30. The molecule has 0 saturated heterocycles. The van der Waals surface area contributed by atoms with Crippen LogP contribution in [0.2, 0.25) is 5.02 Å². The van der Waals surface area contributed by atoms with E-state index in [-0.39, 0.29) is 5.63 Å². The highest BCUT2D eigenvalue weighted by Gasteiger charge is 2.17. The second-order valence-electron chi connectivity index (χ2n) is 6.48. The van der Waals surface area contributed by atoms with Gasteiger partial charge in [-0.15, -0.1) is 0 Å². The van der Waals surface area contributed by atoms with Gasteiger partial charge in [-0.1, -0.05) is 30.2 Å². The van der Waals surface area contributed by atoms with Gasteiger partial charge >= 0.3 is 5.63 Å². The molecule has 0 atom stereocenters. The van der Waals surface area contributed by atoms with Gasteiger partial charge in [0, 0.05) is 22.0 Å². The average molecular weight is 355 g/mol. The van der Waals surface area contributed by atoms with Crippen LogP contribution in [0.15, 0.2) is 51.7 Å². The van der Waals surface area contributed by atoms with Crippen LogP contribution in [-0.2, 0) is 19.4 Å². The Bertz CT molecular complexity index is 957. The van der Waals surface area contributed by atoms with Crippen LogP contribution in [0.1, 0.15) is 36.0 Å². The minimum Gasteiger partial charge on any atom is -0.489 e. The van der Waals surface area contributed by atoms with E-state index in [1.807, 2.05) is 42.5 Å². The molecule has 3 nitrogen and oxygen atoms in total. The number of benzene rings is 2. The van der Waals surface area contributed by atoms with Crippen molar-refractivity contribution >= 4 is 22.6 Å². The summed E-state index contributed by atoms with van der Waals surface area (Å²) in [4.78, 5) is 12.3. The fourth-order valence-corrected chi connectivity index (χ4v) is 3.57. The lowest BCUT2D eigenvalue weighted by molar-refractivity contribution is 0.306. The van der Waals surface area contributed by atoms with Gasteiger partial charge in [0.25, 0.3) is 0 Å². The summed E-state index contributed by atoms with van der Waals surface area (Å²) in [6, 6.07) is 13.3. The second-order valence-corrected chi connectivity index (χ2v) is 6.92. The molecule has 0 aliphatic heterocycles. The Balaban J connectivity index is 1.64. The van der Waals surface area contributed by atoms with E-state index in [0.717, 1.165) is 54.2 Å². The summed E-state index contributed by atoms with van der Waals surface area (Å²) >= 11 is 5.90. The molecular weight excluding hydrogens is 336 g/mol. The van der Waals surface area contributed by atoms with E-state index in [9.17, 15) is 4.79 Å². The summed E-state index contributed by atoms with van der Waals surface area (Å²) in [5, 5.41) is 1.74. The predicted octanol–water partition coefficient (Wildman–Crippen LogP) is 5.29. The maximum Gasteiger partial charge on any atom is 0.339 e. The zero-order valence-electron chi connectivity index (χ0n) is 13.9. The van der Waals surface area contributed by atoms with Crippen LogP contribution in [0.5, 0.6) is 5.75 Å². The third-order valence-corrected chi connectivity index (χ3v) is 5.02. The first-order valence-corrected chi connectivity index (χ1v) is 9.04. The number of halogens is 1. The second kappa shape index (κ2) is 6.93. The molecule has 0 radical (unpaired) electrons. The van der Waals surface area contributed by atoms with Gasteiger partial charge in [0.15, 0.2) is 0 Å². The van der Waals surface area contributed by atoms with Crippen LogP contribution < -0.4 is 10.4 Å². The molecule has 1 aliphatic carbocycles. The normalized spacial score (nSPS) is 14.1. The molecule has 0 saturated carbocycles. The average Bonchev–Trinajstić information content (AvgIpc) is 2.88. The van der Waals surface area contributed by atoms with Gasteiger partial charge in [0.05, 0.1) is 0 Å². The number of aryl methyl sites for hydroxylation is 1. The maximum absolute atomic E-state index is 12.3. The summed E-state index contributed by atoms with van der Waals surface area (Å²) in [6.07, 6.45) is 5.12. The molecule has 4 heteroatoms. The first kappa shape index (κ1) is 16.2. The monoisotopic (exact) mass is 354 g/mol. The van der Waals surface area contributed by atoms with Crippen LogP contribution in [0.4, 0.5) is 0 Å². The summed E-state index contributed by atoms with van der Waals surface area (Å²) < 4.78 is 11.4. The third-order valence-electron chi connectivity index (χ3n) is 4.76. The van der Waals surface area contributed by atoms with E-state index < -0.39 is 0 Å². The van der Waals surface area contributed by atoms with E-state index in [2.05, 4.69) is 0 Å². The minimum atomic E-state index is -0.195. The van der Waals surface area contributed by atoms with Gasteiger partial charge in [-0.05, 0) is 61.1 Å². The van der Waals surface area contributed by atoms with Gasteiger partial charge < -0.3 is 9.15 Å². The molecule has 0 spiro atoms. The first-order chi connectivity index (χ1) is 12.2. The van der Waals surface area contributed by atoms with Crippen LogP contribution in [0.3, 0.4) is 0 Å². The Labute approximate surface area is 151 Å². The van der Waals surface area contributed by atoms with Crippen LogP contribution in [0.25, 0.3) is 11.0 Å². The zero-order valence-corrected chi connectivity index (χ0v) is 14.6. The van der Waals surface area contributed by atoms with Gasteiger partial charge in [-0.3, -0.25) is 0 Å². The lowest BCUT2D eigenvalue weighted by Gasteiger charge is -2.11. The van der Waals surface area contributed by atoms with Gasteiger partial charge in [0.2, 0.25) is 0 Å². The van der Waals surface area contributed by atoms with Gasteiger partial charge in [-0.25, -0.2) is 4.79 Å². The number of fused-ring (bicyclic) bond motifs is 3. The van der Waals surface area contributed by atoms with Crippen molar-refractivity contribution in [1.29, 1.82) is 0 Å². The van der Waals surface area contributed by atoms with E-state index in [1.54, 1.807) is 0 Å². The van der Waals surface area contributed by atoms with E-state index in [0.29, 0.717) is 23.0 Å². The molecule has 0 fully saturated rings. The van der Waals surface area contributed by atoms with E-state index >= 15 is 0 Å². The SMILES string of the molecule is O=c1oc2cc(OCc3ccc(Cl)cc3)ccc2c2c1CCCCC2. The molecule has 2 aromatic carbocycles. The largest absolute Gasteiger partial charge is 0.489 e. The lowest BCUT2D eigenvalue weighted by Crippen LogP contribution is -2.10. The number of ether oxygens (including phenoxy) is 1.